The lowest BCUT2D eigenvalue weighted by atomic mass is 10.0. The number of carbonyl (C=O) groups excluding carboxylic acids is 1. The number of benzene rings is 2. The molecule has 2 atom stereocenters. The van der Waals surface area contributed by atoms with Crippen LogP contribution in [0.1, 0.15) is 35.9 Å². The van der Waals surface area contributed by atoms with Gasteiger partial charge in [-0.1, -0.05) is 58.4 Å². The summed E-state index contributed by atoms with van der Waals surface area (Å²) in [5.74, 6) is 0.720. The average molecular weight is 413 g/mol. The van der Waals surface area contributed by atoms with Gasteiger partial charge in [0, 0.05) is 4.47 Å². The van der Waals surface area contributed by atoms with Crippen molar-refractivity contribution in [3.05, 3.63) is 94.4 Å². The Morgan fingerprint density at radius 3 is 2.38 bits per heavy atom. The molecule has 1 aromatic heterocycles. The maximum Gasteiger partial charge on any atom is 0.234 e. The topological polar surface area (TPSA) is 54.3 Å². The molecule has 5 heteroatoms. The molecule has 4 nitrogen and oxygen atoms in total. The van der Waals surface area contributed by atoms with Crippen molar-refractivity contribution >= 4 is 21.8 Å². The van der Waals surface area contributed by atoms with Gasteiger partial charge in [-0.15, -0.1) is 0 Å². The van der Waals surface area contributed by atoms with Crippen molar-refractivity contribution in [2.45, 2.75) is 19.0 Å². The van der Waals surface area contributed by atoms with Crippen LogP contribution in [-0.2, 0) is 4.79 Å². The molecule has 3 aromatic rings. The molecule has 134 valence electrons. The van der Waals surface area contributed by atoms with Crippen LogP contribution in [0.2, 0.25) is 0 Å². The first-order valence-corrected chi connectivity index (χ1v) is 9.29. The summed E-state index contributed by atoms with van der Waals surface area (Å²) in [4.78, 5) is 12.4. The summed E-state index contributed by atoms with van der Waals surface area (Å²) in [6.07, 6.45) is 1.64. The van der Waals surface area contributed by atoms with Crippen molar-refractivity contribution in [3.63, 3.8) is 0 Å². The normalized spacial score (nSPS) is 13.2. The zero-order valence-electron chi connectivity index (χ0n) is 14.5. The number of halogens is 1. The van der Waals surface area contributed by atoms with Crippen molar-refractivity contribution in [3.8, 4) is 0 Å². The first kappa shape index (κ1) is 18.4. The number of carbonyl (C=O) groups is 1. The third-order valence-electron chi connectivity index (χ3n) is 4.17. The van der Waals surface area contributed by atoms with E-state index in [4.69, 9.17) is 4.42 Å². The molecule has 0 aliphatic rings. The fraction of sp³-hybridized carbons (Fsp3) is 0.190. The zero-order valence-corrected chi connectivity index (χ0v) is 16.1. The predicted molar refractivity (Wildman–Crippen MR) is 106 cm³/mol. The Bertz CT molecular complexity index is 817. The smallest absolute Gasteiger partial charge is 0.234 e. The molecule has 1 amide bonds. The third-order valence-corrected chi connectivity index (χ3v) is 4.70. The molecule has 0 unspecified atom stereocenters. The summed E-state index contributed by atoms with van der Waals surface area (Å²) in [7, 11) is 0. The van der Waals surface area contributed by atoms with E-state index >= 15 is 0 Å². The minimum atomic E-state index is -0.167. The van der Waals surface area contributed by atoms with Crippen LogP contribution in [0.25, 0.3) is 0 Å². The molecule has 0 spiro atoms. The molecule has 1 heterocycles. The minimum absolute atomic E-state index is 0.0591. The summed E-state index contributed by atoms with van der Waals surface area (Å²) in [6.45, 7) is 2.17. The summed E-state index contributed by atoms with van der Waals surface area (Å²) in [6, 6.07) is 21.4. The quantitative estimate of drug-likeness (QED) is 0.596. The minimum Gasteiger partial charge on any atom is -0.467 e. The number of furan rings is 1. The molecule has 2 N–H and O–H groups in total. The lowest BCUT2D eigenvalue weighted by Crippen LogP contribution is -2.37. The van der Waals surface area contributed by atoms with Crippen molar-refractivity contribution in [2.75, 3.05) is 6.54 Å². The summed E-state index contributed by atoms with van der Waals surface area (Å²) >= 11 is 3.42. The van der Waals surface area contributed by atoms with Gasteiger partial charge in [0.15, 0.2) is 0 Å². The Morgan fingerprint density at radius 1 is 1.00 bits per heavy atom. The zero-order chi connectivity index (χ0) is 18.4. The molecule has 0 saturated heterocycles. The predicted octanol–water partition coefficient (Wildman–Crippen LogP) is 4.60. The van der Waals surface area contributed by atoms with Crippen LogP contribution in [0.15, 0.2) is 81.9 Å². The molecular weight excluding hydrogens is 392 g/mol. The van der Waals surface area contributed by atoms with Gasteiger partial charge in [-0.2, -0.15) is 0 Å². The van der Waals surface area contributed by atoms with Crippen molar-refractivity contribution in [1.82, 2.24) is 10.6 Å². The molecule has 0 fully saturated rings. The fourth-order valence-corrected chi connectivity index (χ4v) is 3.07. The van der Waals surface area contributed by atoms with Gasteiger partial charge in [0.05, 0.1) is 24.9 Å². The van der Waals surface area contributed by atoms with Crippen LogP contribution in [0.4, 0.5) is 0 Å². The maximum atomic E-state index is 12.4. The Kier molecular flexibility index (Phi) is 6.26. The second-order valence-electron chi connectivity index (χ2n) is 6.08. The van der Waals surface area contributed by atoms with E-state index < -0.39 is 0 Å². The lowest BCUT2D eigenvalue weighted by molar-refractivity contribution is -0.121. The highest BCUT2D eigenvalue weighted by atomic mass is 79.9. The van der Waals surface area contributed by atoms with Crippen molar-refractivity contribution < 1.29 is 9.21 Å². The first-order chi connectivity index (χ1) is 12.6. The van der Waals surface area contributed by atoms with Crippen LogP contribution in [0.3, 0.4) is 0 Å². The lowest BCUT2D eigenvalue weighted by Gasteiger charge is -2.19. The molecule has 0 radical (unpaired) electrons. The second-order valence-corrected chi connectivity index (χ2v) is 7.00. The average Bonchev–Trinajstić information content (AvgIpc) is 3.17. The van der Waals surface area contributed by atoms with E-state index in [0.29, 0.717) is 0 Å². The number of hydrogen-bond donors (Lipinski definition) is 2. The van der Waals surface area contributed by atoms with Gasteiger partial charge in [-0.05, 0) is 42.3 Å². The highest BCUT2D eigenvalue weighted by molar-refractivity contribution is 9.10. The Balaban J connectivity index is 1.62. The number of nitrogens with one attached hydrogen (secondary N) is 2. The monoisotopic (exact) mass is 412 g/mol. The number of rotatable bonds is 7. The van der Waals surface area contributed by atoms with Crippen LogP contribution in [0, 0.1) is 0 Å². The molecular formula is C21H21BrN2O2. The van der Waals surface area contributed by atoms with E-state index in [1.54, 1.807) is 6.26 Å². The maximum absolute atomic E-state index is 12.4. The van der Waals surface area contributed by atoms with E-state index in [9.17, 15) is 4.79 Å². The van der Waals surface area contributed by atoms with Crippen LogP contribution < -0.4 is 10.6 Å². The van der Waals surface area contributed by atoms with Gasteiger partial charge in [0.25, 0.3) is 0 Å². The first-order valence-electron chi connectivity index (χ1n) is 8.50. The number of hydrogen-bond acceptors (Lipinski definition) is 3. The van der Waals surface area contributed by atoms with Crippen LogP contribution >= 0.6 is 15.9 Å². The van der Waals surface area contributed by atoms with Gasteiger partial charge in [0.1, 0.15) is 5.76 Å². The second kappa shape index (κ2) is 8.83. The summed E-state index contributed by atoms with van der Waals surface area (Å²) in [5, 5.41) is 6.31. The Hall–Kier alpha value is -2.37. The fourth-order valence-electron chi connectivity index (χ4n) is 2.81. The molecule has 2 aromatic carbocycles. The standard InChI is InChI=1S/C21H21BrN2O2/c1-15(16-9-11-18(22)12-10-16)24-20(25)14-23-21(19-8-5-13-26-19)17-6-3-2-4-7-17/h2-13,15,21,23H,14H2,1H3,(H,24,25)/t15-,21-/m0/s1. The summed E-state index contributed by atoms with van der Waals surface area (Å²) < 4.78 is 6.56. The van der Waals surface area contributed by atoms with Gasteiger partial charge in [-0.25, -0.2) is 0 Å². The van der Waals surface area contributed by atoms with E-state index in [2.05, 4.69) is 26.6 Å². The molecule has 0 aliphatic carbocycles. The Morgan fingerprint density at radius 2 is 1.73 bits per heavy atom. The molecule has 26 heavy (non-hydrogen) atoms. The highest BCUT2D eigenvalue weighted by Crippen LogP contribution is 2.22. The third kappa shape index (κ3) is 4.84. The SMILES string of the molecule is C[C@H](NC(=O)CN[C@@H](c1ccccc1)c1ccco1)c1ccc(Br)cc1. The van der Waals surface area contributed by atoms with Crippen LogP contribution in [0.5, 0.6) is 0 Å². The highest BCUT2D eigenvalue weighted by Gasteiger charge is 2.18. The largest absolute Gasteiger partial charge is 0.467 e. The van der Waals surface area contributed by atoms with Gasteiger partial charge >= 0.3 is 0 Å². The number of amides is 1. The van der Waals surface area contributed by atoms with Crippen molar-refractivity contribution in [1.29, 1.82) is 0 Å². The Labute approximate surface area is 161 Å². The van der Waals surface area contributed by atoms with E-state index in [0.717, 1.165) is 21.4 Å². The van der Waals surface area contributed by atoms with Crippen LogP contribution in [-0.4, -0.2) is 12.5 Å². The van der Waals surface area contributed by atoms with E-state index in [-0.39, 0.29) is 24.5 Å². The van der Waals surface area contributed by atoms with Gasteiger partial charge in [0.2, 0.25) is 5.91 Å². The summed E-state index contributed by atoms with van der Waals surface area (Å²) in [5.41, 5.74) is 2.11. The molecule has 3 rings (SSSR count). The van der Waals surface area contributed by atoms with Gasteiger partial charge < -0.3 is 9.73 Å². The molecule has 0 aliphatic heterocycles. The molecule has 0 bridgehead atoms. The van der Waals surface area contributed by atoms with E-state index in [1.807, 2.05) is 73.7 Å². The van der Waals surface area contributed by atoms with E-state index in [1.165, 1.54) is 0 Å². The van der Waals surface area contributed by atoms with Gasteiger partial charge in [-0.3, -0.25) is 10.1 Å². The van der Waals surface area contributed by atoms with Crippen molar-refractivity contribution in [2.24, 2.45) is 0 Å². The molecule has 0 saturated carbocycles.